The highest BCUT2D eigenvalue weighted by molar-refractivity contribution is 5.78. The zero-order valence-electron chi connectivity index (χ0n) is 11.6. The third-order valence-corrected chi connectivity index (χ3v) is 4.19. The highest BCUT2D eigenvalue weighted by atomic mass is 15.4. The first-order chi connectivity index (χ1) is 8.46. The Morgan fingerprint density at radius 1 is 1.39 bits per heavy atom. The Morgan fingerprint density at radius 3 is 2.61 bits per heavy atom. The molecular formula is C13H21N5. The summed E-state index contributed by atoms with van der Waals surface area (Å²) in [5.41, 5.74) is 9.16. The quantitative estimate of drug-likeness (QED) is 0.905. The van der Waals surface area contributed by atoms with Crippen LogP contribution in [0.4, 0.5) is 5.95 Å². The lowest BCUT2D eigenvalue weighted by atomic mass is 9.98. The maximum absolute atomic E-state index is 6.15. The molecule has 0 saturated heterocycles. The average molecular weight is 247 g/mol. The summed E-state index contributed by atoms with van der Waals surface area (Å²) < 4.78 is 4.20. The van der Waals surface area contributed by atoms with Crippen LogP contribution in [-0.4, -0.2) is 19.3 Å². The van der Waals surface area contributed by atoms with Crippen LogP contribution in [0, 0.1) is 12.8 Å². The lowest BCUT2D eigenvalue weighted by Crippen LogP contribution is -2.30. The van der Waals surface area contributed by atoms with Crippen LogP contribution in [0.2, 0.25) is 0 Å². The standard InChI is InChI=1S/C13H21N5/c1-5-17-11-10(8(2)16-17)15-12(14)18(11)13(3,4)9-6-7-9/h9H,5-7H2,1-4H3,(H2,14,15). The van der Waals surface area contributed by atoms with Crippen molar-refractivity contribution in [2.45, 2.75) is 52.6 Å². The Bertz CT molecular complexity index is 600. The largest absolute Gasteiger partial charge is 0.369 e. The van der Waals surface area contributed by atoms with Gasteiger partial charge in [0.2, 0.25) is 5.95 Å². The first-order valence-electron chi connectivity index (χ1n) is 6.68. The minimum atomic E-state index is 0.0260. The van der Waals surface area contributed by atoms with Crippen molar-refractivity contribution in [2.75, 3.05) is 5.73 Å². The number of hydrogen-bond acceptors (Lipinski definition) is 3. The van der Waals surface area contributed by atoms with Crippen LogP contribution in [-0.2, 0) is 12.1 Å². The molecule has 18 heavy (non-hydrogen) atoms. The van der Waals surface area contributed by atoms with Crippen molar-refractivity contribution in [3.05, 3.63) is 5.69 Å². The molecule has 2 N–H and O–H groups in total. The molecule has 0 aromatic carbocycles. The second kappa shape index (κ2) is 3.49. The number of aryl methyl sites for hydroxylation is 2. The SMILES string of the molecule is CCn1nc(C)c2nc(N)n(C(C)(C)C3CC3)c21. The summed E-state index contributed by atoms with van der Waals surface area (Å²) in [6.07, 6.45) is 2.57. The van der Waals surface area contributed by atoms with E-state index in [1.54, 1.807) is 0 Å². The zero-order chi connectivity index (χ0) is 13.1. The smallest absolute Gasteiger partial charge is 0.203 e. The Labute approximate surface area is 107 Å². The minimum Gasteiger partial charge on any atom is -0.369 e. The van der Waals surface area contributed by atoms with E-state index in [-0.39, 0.29) is 5.54 Å². The van der Waals surface area contributed by atoms with Crippen molar-refractivity contribution in [3.63, 3.8) is 0 Å². The topological polar surface area (TPSA) is 61.7 Å². The number of imidazole rings is 1. The van der Waals surface area contributed by atoms with Gasteiger partial charge in [-0.1, -0.05) is 0 Å². The first kappa shape index (κ1) is 11.6. The molecule has 0 bridgehead atoms. The summed E-state index contributed by atoms with van der Waals surface area (Å²) in [5, 5.41) is 4.54. The van der Waals surface area contributed by atoms with E-state index in [0.29, 0.717) is 11.9 Å². The molecule has 0 atom stereocenters. The third kappa shape index (κ3) is 1.39. The predicted octanol–water partition coefficient (Wildman–Crippen LogP) is 2.29. The summed E-state index contributed by atoms with van der Waals surface area (Å²) in [6, 6.07) is 0. The van der Waals surface area contributed by atoms with E-state index in [2.05, 4.69) is 35.4 Å². The molecule has 3 rings (SSSR count). The van der Waals surface area contributed by atoms with Crippen molar-refractivity contribution in [3.8, 4) is 0 Å². The maximum atomic E-state index is 6.15. The van der Waals surface area contributed by atoms with Crippen LogP contribution in [0.25, 0.3) is 11.2 Å². The van der Waals surface area contributed by atoms with Crippen molar-refractivity contribution in [1.82, 2.24) is 19.3 Å². The van der Waals surface area contributed by atoms with Gasteiger partial charge in [-0.2, -0.15) is 5.10 Å². The molecule has 0 radical (unpaired) electrons. The highest BCUT2D eigenvalue weighted by Crippen LogP contribution is 2.46. The van der Waals surface area contributed by atoms with Crippen molar-refractivity contribution in [1.29, 1.82) is 0 Å². The van der Waals surface area contributed by atoms with Gasteiger partial charge in [0.1, 0.15) is 5.52 Å². The molecular weight excluding hydrogens is 226 g/mol. The number of anilines is 1. The molecule has 2 aromatic rings. The van der Waals surface area contributed by atoms with E-state index in [4.69, 9.17) is 5.73 Å². The van der Waals surface area contributed by atoms with E-state index in [1.807, 2.05) is 11.6 Å². The van der Waals surface area contributed by atoms with Crippen LogP contribution in [0.1, 0.15) is 39.3 Å². The molecule has 2 heterocycles. The molecule has 1 aliphatic rings. The minimum absolute atomic E-state index is 0.0260. The lowest BCUT2D eigenvalue weighted by Gasteiger charge is -2.28. The number of nitrogen functional groups attached to an aromatic ring is 1. The van der Waals surface area contributed by atoms with Gasteiger partial charge in [0.15, 0.2) is 5.65 Å². The Hall–Kier alpha value is -1.52. The third-order valence-electron chi connectivity index (χ3n) is 4.19. The fourth-order valence-electron chi connectivity index (χ4n) is 2.95. The van der Waals surface area contributed by atoms with E-state index in [9.17, 15) is 0 Å². The van der Waals surface area contributed by atoms with Crippen molar-refractivity contribution >= 4 is 17.1 Å². The Morgan fingerprint density at radius 2 is 2.06 bits per heavy atom. The van der Waals surface area contributed by atoms with E-state index < -0.39 is 0 Å². The van der Waals surface area contributed by atoms with Crippen LogP contribution in [0.5, 0.6) is 0 Å². The number of nitrogens with two attached hydrogens (primary N) is 1. The van der Waals surface area contributed by atoms with Gasteiger partial charge in [-0.05, 0) is 46.5 Å². The molecule has 1 fully saturated rings. The van der Waals surface area contributed by atoms with Gasteiger partial charge in [-0.3, -0.25) is 4.57 Å². The summed E-state index contributed by atoms with van der Waals surface area (Å²) in [4.78, 5) is 4.52. The fourth-order valence-corrected chi connectivity index (χ4v) is 2.95. The molecule has 98 valence electrons. The zero-order valence-corrected chi connectivity index (χ0v) is 11.6. The highest BCUT2D eigenvalue weighted by Gasteiger charge is 2.41. The molecule has 0 spiro atoms. The van der Waals surface area contributed by atoms with Gasteiger partial charge in [-0.25, -0.2) is 9.67 Å². The second-order valence-corrected chi connectivity index (χ2v) is 5.81. The van der Waals surface area contributed by atoms with Gasteiger partial charge in [0.25, 0.3) is 0 Å². The molecule has 2 aromatic heterocycles. The van der Waals surface area contributed by atoms with Crippen molar-refractivity contribution < 1.29 is 0 Å². The molecule has 1 saturated carbocycles. The van der Waals surface area contributed by atoms with E-state index in [0.717, 1.165) is 23.4 Å². The first-order valence-corrected chi connectivity index (χ1v) is 6.68. The number of fused-ring (bicyclic) bond motifs is 1. The second-order valence-electron chi connectivity index (χ2n) is 5.81. The van der Waals surface area contributed by atoms with Gasteiger partial charge in [-0.15, -0.1) is 0 Å². The van der Waals surface area contributed by atoms with Gasteiger partial charge < -0.3 is 5.73 Å². The fraction of sp³-hybridized carbons (Fsp3) is 0.692. The van der Waals surface area contributed by atoms with Gasteiger partial charge >= 0.3 is 0 Å². The predicted molar refractivity (Wildman–Crippen MR) is 72.4 cm³/mol. The monoisotopic (exact) mass is 247 g/mol. The summed E-state index contributed by atoms with van der Waals surface area (Å²) in [7, 11) is 0. The van der Waals surface area contributed by atoms with E-state index in [1.165, 1.54) is 12.8 Å². The molecule has 5 nitrogen and oxygen atoms in total. The van der Waals surface area contributed by atoms with Crippen LogP contribution in [0.15, 0.2) is 0 Å². The summed E-state index contributed by atoms with van der Waals surface area (Å²) in [5.74, 6) is 1.32. The molecule has 0 amide bonds. The van der Waals surface area contributed by atoms with Gasteiger partial charge in [0, 0.05) is 12.1 Å². The normalized spacial score (nSPS) is 16.7. The number of hydrogen-bond donors (Lipinski definition) is 1. The van der Waals surface area contributed by atoms with Gasteiger partial charge in [0.05, 0.1) is 5.69 Å². The Kier molecular flexibility index (Phi) is 2.24. The summed E-state index contributed by atoms with van der Waals surface area (Å²) in [6.45, 7) is 9.45. The molecule has 0 aliphatic heterocycles. The molecule has 5 heteroatoms. The lowest BCUT2D eigenvalue weighted by molar-refractivity contribution is 0.313. The van der Waals surface area contributed by atoms with Crippen LogP contribution in [0.3, 0.4) is 0 Å². The van der Waals surface area contributed by atoms with Crippen molar-refractivity contribution in [2.24, 2.45) is 5.92 Å². The molecule has 1 aliphatic carbocycles. The average Bonchev–Trinajstić information content (AvgIpc) is 3.04. The Balaban J connectivity index is 2.30. The van der Waals surface area contributed by atoms with E-state index >= 15 is 0 Å². The number of nitrogens with zero attached hydrogens (tertiary/aromatic N) is 4. The van der Waals surface area contributed by atoms with Crippen LogP contribution >= 0.6 is 0 Å². The molecule has 0 unspecified atom stereocenters. The summed E-state index contributed by atoms with van der Waals surface area (Å²) >= 11 is 0. The number of rotatable bonds is 3. The maximum Gasteiger partial charge on any atom is 0.203 e. The number of aromatic nitrogens is 4. The van der Waals surface area contributed by atoms with Crippen LogP contribution < -0.4 is 5.73 Å².